The van der Waals surface area contributed by atoms with Gasteiger partial charge in [-0.05, 0) is 35.6 Å². The van der Waals surface area contributed by atoms with E-state index in [4.69, 9.17) is 14.0 Å². The first-order chi connectivity index (χ1) is 14.2. The van der Waals surface area contributed by atoms with Crippen LogP contribution in [0.5, 0.6) is 11.5 Å². The molecule has 29 heavy (non-hydrogen) atoms. The SMILES string of the molecule is COc1ccc(CCN2CC(c3noc(Cc4cccs4)n3)CC2=O)cc1OC. The van der Waals surface area contributed by atoms with E-state index in [1.54, 1.807) is 25.6 Å². The van der Waals surface area contributed by atoms with Gasteiger partial charge in [-0.25, -0.2) is 0 Å². The molecule has 3 aromatic rings. The lowest BCUT2D eigenvalue weighted by Gasteiger charge is -2.16. The summed E-state index contributed by atoms with van der Waals surface area (Å²) in [4.78, 5) is 20.0. The second kappa shape index (κ2) is 8.65. The molecule has 0 bridgehead atoms. The van der Waals surface area contributed by atoms with Crippen molar-refractivity contribution < 1.29 is 18.8 Å². The average Bonchev–Trinajstić information content (AvgIpc) is 3.48. The summed E-state index contributed by atoms with van der Waals surface area (Å²) in [6, 6.07) is 9.88. The molecule has 0 radical (unpaired) electrons. The predicted molar refractivity (Wildman–Crippen MR) is 109 cm³/mol. The highest BCUT2D eigenvalue weighted by Crippen LogP contribution is 2.29. The Labute approximate surface area is 173 Å². The van der Waals surface area contributed by atoms with Crippen molar-refractivity contribution in [3.05, 3.63) is 57.9 Å². The zero-order valence-corrected chi connectivity index (χ0v) is 17.3. The van der Waals surface area contributed by atoms with Crippen LogP contribution in [0.25, 0.3) is 0 Å². The van der Waals surface area contributed by atoms with E-state index in [1.807, 2.05) is 40.6 Å². The summed E-state index contributed by atoms with van der Waals surface area (Å²) < 4.78 is 16.0. The first kappa shape index (κ1) is 19.4. The molecule has 1 aromatic carbocycles. The summed E-state index contributed by atoms with van der Waals surface area (Å²) >= 11 is 1.66. The number of aromatic nitrogens is 2. The number of hydrogen-bond acceptors (Lipinski definition) is 7. The fourth-order valence-corrected chi connectivity index (χ4v) is 4.23. The van der Waals surface area contributed by atoms with Crippen LogP contribution in [-0.4, -0.2) is 48.3 Å². The monoisotopic (exact) mass is 413 g/mol. The van der Waals surface area contributed by atoms with Gasteiger partial charge in [-0.3, -0.25) is 4.79 Å². The summed E-state index contributed by atoms with van der Waals surface area (Å²) in [6.45, 7) is 1.26. The smallest absolute Gasteiger partial charge is 0.231 e. The molecule has 7 nitrogen and oxygen atoms in total. The van der Waals surface area contributed by atoms with Crippen molar-refractivity contribution in [2.45, 2.75) is 25.2 Å². The van der Waals surface area contributed by atoms with Gasteiger partial charge in [0.1, 0.15) is 0 Å². The van der Waals surface area contributed by atoms with Gasteiger partial charge >= 0.3 is 0 Å². The van der Waals surface area contributed by atoms with Crippen LogP contribution >= 0.6 is 11.3 Å². The van der Waals surface area contributed by atoms with Crippen molar-refractivity contribution in [2.24, 2.45) is 0 Å². The van der Waals surface area contributed by atoms with E-state index in [1.165, 1.54) is 4.88 Å². The van der Waals surface area contributed by atoms with E-state index in [0.717, 1.165) is 12.0 Å². The van der Waals surface area contributed by atoms with Crippen molar-refractivity contribution in [3.8, 4) is 11.5 Å². The first-order valence-corrected chi connectivity index (χ1v) is 10.4. The highest BCUT2D eigenvalue weighted by molar-refractivity contribution is 7.09. The molecule has 1 atom stereocenters. The summed E-state index contributed by atoms with van der Waals surface area (Å²) in [5, 5.41) is 6.14. The lowest BCUT2D eigenvalue weighted by Crippen LogP contribution is -2.27. The van der Waals surface area contributed by atoms with Crippen molar-refractivity contribution in [3.63, 3.8) is 0 Å². The maximum absolute atomic E-state index is 12.5. The number of carbonyl (C=O) groups is 1. The number of carbonyl (C=O) groups excluding carboxylic acids is 1. The minimum atomic E-state index is -0.0197. The molecule has 1 saturated heterocycles. The molecule has 2 aromatic heterocycles. The van der Waals surface area contributed by atoms with E-state index >= 15 is 0 Å². The van der Waals surface area contributed by atoms with Gasteiger partial charge in [0.25, 0.3) is 0 Å². The summed E-state index contributed by atoms with van der Waals surface area (Å²) in [5.41, 5.74) is 1.09. The second-order valence-corrected chi connectivity index (χ2v) is 8.01. The summed E-state index contributed by atoms with van der Waals surface area (Å²) in [6.07, 6.45) is 1.80. The van der Waals surface area contributed by atoms with E-state index in [2.05, 4.69) is 10.1 Å². The van der Waals surface area contributed by atoms with E-state index in [-0.39, 0.29) is 11.8 Å². The topological polar surface area (TPSA) is 77.7 Å². The van der Waals surface area contributed by atoms with Crippen LogP contribution in [-0.2, 0) is 17.6 Å². The molecule has 3 heterocycles. The number of ether oxygens (including phenoxy) is 2. The number of likely N-dealkylation sites (tertiary alicyclic amines) is 1. The van der Waals surface area contributed by atoms with Gasteiger partial charge in [0.05, 0.1) is 20.6 Å². The third kappa shape index (κ3) is 4.42. The van der Waals surface area contributed by atoms with Crippen LogP contribution in [0.2, 0.25) is 0 Å². The van der Waals surface area contributed by atoms with Crippen LogP contribution in [0.3, 0.4) is 0 Å². The van der Waals surface area contributed by atoms with E-state index in [9.17, 15) is 4.79 Å². The van der Waals surface area contributed by atoms with Crippen LogP contribution in [0.4, 0.5) is 0 Å². The second-order valence-electron chi connectivity index (χ2n) is 6.98. The lowest BCUT2D eigenvalue weighted by atomic mass is 10.1. The Morgan fingerprint density at radius 1 is 1.24 bits per heavy atom. The average molecular weight is 413 g/mol. The van der Waals surface area contributed by atoms with Crippen LogP contribution in [0, 0.1) is 0 Å². The number of nitrogens with zero attached hydrogens (tertiary/aromatic N) is 3. The Morgan fingerprint density at radius 3 is 2.86 bits per heavy atom. The number of hydrogen-bond donors (Lipinski definition) is 0. The highest BCUT2D eigenvalue weighted by atomic mass is 32.1. The predicted octanol–water partition coefficient (Wildman–Crippen LogP) is 3.30. The van der Waals surface area contributed by atoms with Crippen molar-refractivity contribution in [1.29, 1.82) is 0 Å². The van der Waals surface area contributed by atoms with Gasteiger partial charge < -0.3 is 18.9 Å². The molecule has 0 N–H and O–H groups in total. The molecule has 0 spiro atoms. The molecule has 0 aliphatic carbocycles. The van der Waals surface area contributed by atoms with Gasteiger partial charge in [0.15, 0.2) is 17.3 Å². The normalized spacial score (nSPS) is 16.4. The van der Waals surface area contributed by atoms with Crippen LogP contribution in [0.1, 0.15) is 34.5 Å². The Hall–Kier alpha value is -2.87. The van der Waals surface area contributed by atoms with Gasteiger partial charge in [-0.15, -0.1) is 11.3 Å². The van der Waals surface area contributed by atoms with Crippen molar-refractivity contribution in [2.75, 3.05) is 27.3 Å². The Balaban J connectivity index is 1.35. The van der Waals surface area contributed by atoms with Crippen LogP contribution < -0.4 is 9.47 Å². The van der Waals surface area contributed by atoms with Gasteiger partial charge in [-0.2, -0.15) is 4.98 Å². The summed E-state index contributed by atoms with van der Waals surface area (Å²) in [5.74, 6) is 2.72. The lowest BCUT2D eigenvalue weighted by molar-refractivity contribution is -0.127. The first-order valence-electron chi connectivity index (χ1n) is 9.50. The van der Waals surface area contributed by atoms with Gasteiger partial charge in [0.2, 0.25) is 11.8 Å². The number of benzene rings is 1. The van der Waals surface area contributed by atoms with Crippen molar-refractivity contribution >= 4 is 17.2 Å². The van der Waals surface area contributed by atoms with E-state index < -0.39 is 0 Å². The van der Waals surface area contributed by atoms with Gasteiger partial charge in [-0.1, -0.05) is 17.3 Å². The maximum Gasteiger partial charge on any atom is 0.231 e. The largest absolute Gasteiger partial charge is 0.493 e. The highest BCUT2D eigenvalue weighted by Gasteiger charge is 2.33. The molecule has 8 heteroatoms. The molecule has 4 rings (SSSR count). The molecule has 1 unspecified atom stereocenters. The molecular weight excluding hydrogens is 390 g/mol. The number of thiophene rings is 1. The molecule has 1 fully saturated rings. The standard InChI is InChI=1S/C21H23N3O4S/c1-26-17-6-5-14(10-18(17)27-2)7-8-24-13-15(11-20(24)25)21-22-19(28-23-21)12-16-4-3-9-29-16/h3-6,9-10,15H,7-8,11-13H2,1-2H3. The zero-order chi connectivity index (χ0) is 20.2. The quantitative estimate of drug-likeness (QED) is 0.564. The van der Waals surface area contributed by atoms with E-state index in [0.29, 0.717) is 49.1 Å². The van der Waals surface area contributed by atoms with Crippen LogP contribution in [0.15, 0.2) is 40.2 Å². The van der Waals surface area contributed by atoms with Gasteiger partial charge in [0, 0.05) is 30.3 Å². The third-order valence-corrected chi connectivity index (χ3v) is 5.96. The minimum absolute atomic E-state index is 0.0197. The fourth-order valence-electron chi connectivity index (χ4n) is 3.53. The van der Waals surface area contributed by atoms with Crippen molar-refractivity contribution in [1.82, 2.24) is 15.0 Å². The Morgan fingerprint density at radius 2 is 2.10 bits per heavy atom. The molecular formula is C21H23N3O4S. The maximum atomic E-state index is 12.5. The fraction of sp³-hybridized carbons (Fsp3) is 0.381. The minimum Gasteiger partial charge on any atom is -0.493 e. The molecule has 1 aliphatic rings. The zero-order valence-electron chi connectivity index (χ0n) is 16.5. The molecule has 152 valence electrons. The molecule has 0 saturated carbocycles. The molecule has 1 aliphatic heterocycles. The number of amides is 1. The third-order valence-electron chi connectivity index (χ3n) is 5.09. The summed E-state index contributed by atoms with van der Waals surface area (Å²) in [7, 11) is 3.23. The Bertz CT molecular complexity index is 970. The number of rotatable bonds is 8. The molecule has 1 amide bonds. The number of methoxy groups -OCH3 is 2. The Kier molecular flexibility index (Phi) is 5.80.